The topological polar surface area (TPSA) is 82.1 Å². The van der Waals surface area contributed by atoms with E-state index in [0.29, 0.717) is 6.54 Å². The Kier molecular flexibility index (Phi) is 2.48. The molecule has 2 heterocycles. The second-order valence-corrected chi connectivity index (χ2v) is 4.37. The number of allylic oxidation sites excluding steroid dienone is 2. The van der Waals surface area contributed by atoms with Crippen molar-refractivity contribution in [3.8, 4) is 0 Å². The van der Waals surface area contributed by atoms with Gasteiger partial charge in [-0.25, -0.2) is 14.6 Å². The summed E-state index contributed by atoms with van der Waals surface area (Å²) in [4.78, 5) is 27.6. The van der Waals surface area contributed by atoms with Gasteiger partial charge in [0.25, 0.3) is 0 Å². The number of carboxylic acids is 1. The number of hydrogen-bond donors (Lipinski definition) is 2. The van der Waals surface area contributed by atoms with Crippen molar-refractivity contribution < 1.29 is 19.5 Å². The first kappa shape index (κ1) is 11.1. The van der Waals surface area contributed by atoms with Crippen molar-refractivity contribution in [3.63, 3.8) is 0 Å². The van der Waals surface area contributed by atoms with Crippen LogP contribution in [0.25, 0.3) is 0 Å². The van der Waals surface area contributed by atoms with E-state index in [1.807, 2.05) is 6.08 Å². The van der Waals surface area contributed by atoms with E-state index in [1.54, 1.807) is 0 Å². The molecule has 2 aliphatic heterocycles. The Morgan fingerprint density at radius 3 is 3.06 bits per heavy atom. The molecule has 18 heavy (non-hydrogen) atoms. The molecule has 0 radical (unpaired) electrons. The average molecular weight is 251 g/mol. The molecule has 2 saturated heterocycles. The van der Waals surface area contributed by atoms with Gasteiger partial charge in [0.2, 0.25) is 0 Å². The molecule has 7 nitrogen and oxygen atoms in total. The third kappa shape index (κ3) is 1.63. The maximum Gasteiger partial charge on any atom is 0.363 e. The Morgan fingerprint density at radius 2 is 2.28 bits per heavy atom. The van der Waals surface area contributed by atoms with Crippen LogP contribution in [0, 0.1) is 0 Å². The second kappa shape index (κ2) is 4.02. The highest BCUT2D eigenvalue weighted by molar-refractivity contribution is 5.78. The highest BCUT2D eigenvalue weighted by atomic mass is 16.7. The summed E-state index contributed by atoms with van der Waals surface area (Å²) in [7, 11) is 0. The molecule has 2 bridgehead atoms. The van der Waals surface area contributed by atoms with Crippen molar-refractivity contribution >= 4 is 12.0 Å². The van der Waals surface area contributed by atoms with Gasteiger partial charge in [-0.3, -0.25) is 10.3 Å². The summed E-state index contributed by atoms with van der Waals surface area (Å²) in [5.74, 6) is -1.10. The first-order valence-electron chi connectivity index (χ1n) is 5.79. The first-order valence-corrected chi connectivity index (χ1v) is 5.79. The maximum atomic E-state index is 12.0. The van der Waals surface area contributed by atoms with Crippen molar-refractivity contribution in [1.82, 2.24) is 15.5 Å². The van der Waals surface area contributed by atoms with Gasteiger partial charge in [-0.1, -0.05) is 12.2 Å². The lowest BCUT2D eigenvalue weighted by Crippen LogP contribution is -2.43. The first-order chi connectivity index (χ1) is 8.66. The fraction of sp³-hybridized carbons (Fsp3) is 0.455. The van der Waals surface area contributed by atoms with Crippen LogP contribution in [0.2, 0.25) is 0 Å². The number of hydrogen-bond acceptors (Lipinski definition) is 4. The lowest BCUT2D eigenvalue weighted by atomic mass is 9.96. The molecule has 2 N–H and O–H groups in total. The Labute approximate surface area is 103 Å². The number of fused-ring (bicyclic) bond motifs is 4. The van der Waals surface area contributed by atoms with Crippen LogP contribution in [0.1, 0.15) is 12.8 Å². The van der Waals surface area contributed by atoms with Crippen LogP contribution < -0.4 is 5.43 Å². The minimum atomic E-state index is -1.10. The van der Waals surface area contributed by atoms with E-state index in [2.05, 4.69) is 11.5 Å². The van der Waals surface area contributed by atoms with Gasteiger partial charge in [-0.2, -0.15) is 5.06 Å². The number of nitrogens with one attached hydrogen (secondary N) is 1. The van der Waals surface area contributed by atoms with Gasteiger partial charge in [-0.15, -0.1) is 0 Å². The molecule has 7 heteroatoms. The molecule has 2 amide bonds. The van der Waals surface area contributed by atoms with Gasteiger partial charge in [0, 0.05) is 0 Å². The van der Waals surface area contributed by atoms with Crippen LogP contribution in [0.5, 0.6) is 0 Å². The second-order valence-electron chi connectivity index (χ2n) is 4.37. The molecular formula is C11H13N3O4. The molecule has 0 spiro atoms. The number of hydroxylamine groups is 2. The molecule has 3 rings (SSSR count). The Morgan fingerprint density at radius 1 is 1.50 bits per heavy atom. The summed E-state index contributed by atoms with van der Waals surface area (Å²) in [5, 5.41) is 11.2. The molecule has 0 aromatic heterocycles. The molecule has 1 unspecified atom stereocenters. The summed E-state index contributed by atoms with van der Waals surface area (Å²) in [6.07, 6.45) is 5.98. The van der Waals surface area contributed by atoms with E-state index in [1.165, 1.54) is 5.01 Å². The smallest absolute Gasteiger partial charge is 0.363 e. The van der Waals surface area contributed by atoms with Crippen LogP contribution in [0.15, 0.2) is 23.4 Å². The minimum Gasteiger partial charge on any atom is -0.479 e. The zero-order valence-corrected chi connectivity index (χ0v) is 9.63. The fourth-order valence-electron chi connectivity index (χ4n) is 2.43. The molecule has 1 aliphatic carbocycles. The van der Waals surface area contributed by atoms with E-state index >= 15 is 0 Å². The van der Waals surface area contributed by atoms with Crippen molar-refractivity contribution in [2.45, 2.75) is 18.9 Å². The third-order valence-corrected chi connectivity index (χ3v) is 3.19. The standard InChI is InChI=1S/C11H13N3O4/c15-10(16)6-18-14-9-5-13(11(14)17)12-8-4-2-1-3-7(8)9/h3-4,9,12H,1-2,5-6H2,(H,15,16). The number of carbonyl (C=O) groups excluding carboxylic acids is 1. The number of carbonyl (C=O) groups is 2. The van der Waals surface area contributed by atoms with Gasteiger partial charge in [-0.05, 0) is 18.4 Å². The monoisotopic (exact) mass is 251 g/mol. The lowest BCUT2D eigenvalue weighted by molar-refractivity contribution is -0.164. The summed E-state index contributed by atoms with van der Waals surface area (Å²) in [6, 6.07) is -0.568. The number of rotatable bonds is 3. The Bertz CT molecular complexity index is 471. The van der Waals surface area contributed by atoms with Crippen molar-refractivity contribution in [1.29, 1.82) is 0 Å². The van der Waals surface area contributed by atoms with Gasteiger partial charge in [0.05, 0.1) is 12.2 Å². The molecule has 3 aliphatic rings. The molecule has 96 valence electrons. The Balaban J connectivity index is 1.84. The molecule has 0 saturated carbocycles. The average Bonchev–Trinajstić information content (AvgIpc) is 2.61. The Hall–Kier alpha value is -2.02. The number of nitrogens with zero attached hydrogens (tertiary/aromatic N) is 2. The lowest BCUT2D eigenvalue weighted by Gasteiger charge is -2.30. The number of urea groups is 1. The number of aliphatic carboxylic acids is 1. The number of carboxylic acid groups (broad SMARTS) is 1. The number of amides is 2. The SMILES string of the molecule is O=C(O)CON1C(=O)N2CC1C1=CCCC=C1N2. The zero-order valence-electron chi connectivity index (χ0n) is 9.63. The van der Waals surface area contributed by atoms with Gasteiger partial charge < -0.3 is 5.11 Å². The highest BCUT2D eigenvalue weighted by Crippen LogP contribution is 2.32. The van der Waals surface area contributed by atoms with Crippen LogP contribution in [-0.4, -0.2) is 46.4 Å². The fourth-order valence-corrected chi connectivity index (χ4v) is 2.43. The van der Waals surface area contributed by atoms with Gasteiger partial charge in [0.15, 0.2) is 6.61 Å². The van der Waals surface area contributed by atoms with Crippen LogP contribution in [0.3, 0.4) is 0 Å². The molecule has 2 fully saturated rings. The maximum absolute atomic E-state index is 12.0. The third-order valence-electron chi connectivity index (χ3n) is 3.19. The molecule has 0 aromatic rings. The molecular weight excluding hydrogens is 238 g/mol. The van der Waals surface area contributed by atoms with E-state index in [-0.39, 0.29) is 12.1 Å². The predicted molar refractivity (Wildman–Crippen MR) is 59.9 cm³/mol. The van der Waals surface area contributed by atoms with E-state index < -0.39 is 12.6 Å². The van der Waals surface area contributed by atoms with Gasteiger partial charge in [0.1, 0.15) is 6.04 Å². The van der Waals surface area contributed by atoms with Crippen molar-refractivity contribution in [2.75, 3.05) is 13.2 Å². The predicted octanol–water partition coefficient (Wildman–Crippen LogP) is 0.231. The van der Waals surface area contributed by atoms with E-state index in [9.17, 15) is 9.59 Å². The van der Waals surface area contributed by atoms with Crippen molar-refractivity contribution in [2.24, 2.45) is 0 Å². The number of hydrazine groups is 1. The largest absolute Gasteiger partial charge is 0.479 e. The minimum absolute atomic E-state index is 0.218. The van der Waals surface area contributed by atoms with Crippen LogP contribution in [-0.2, 0) is 9.63 Å². The summed E-state index contributed by atoms with van der Waals surface area (Å²) < 4.78 is 0. The quantitative estimate of drug-likeness (QED) is 0.750. The van der Waals surface area contributed by atoms with E-state index in [0.717, 1.165) is 29.2 Å². The molecule has 1 atom stereocenters. The summed E-state index contributed by atoms with van der Waals surface area (Å²) in [6.45, 7) is -0.0377. The van der Waals surface area contributed by atoms with E-state index in [4.69, 9.17) is 9.94 Å². The van der Waals surface area contributed by atoms with Gasteiger partial charge >= 0.3 is 12.0 Å². The zero-order chi connectivity index (χ0) is 12.7. The normalized spacial score (nSPS) is 25.3. The van der Waals surface area contributed by atoms with Crippen molar-refractivity contribution in [3.05, 3.63) is 23.4 Å². The van der Waals surface area contributed by atoms with Crippen LogP contribution in [0.4, 0.5) is 4.79 Å². The summed E-state index contributed by atoms with van der Waals surface area (Å²) >= 11 is 0. The molecule has 0 aromatic carbocycles. The highest BCUT2D eigenvalue weighted by Gasteiger charge is 2.46. The van der Waals surface area contributed by atoms with Crippen LogP contribution >= 0.6 is 0 Å². The summed E-state index contributed by atoms with van der Waals surface area (Å²) in [5.41, 5.74) is 4.95.